The Bertz CT molecular complexity index is 672. The predicted molar refractivity (Wildman–Crippen MR) is 83.1 cm³/mol. The highest BCUT2D eigenvalue weighted by Crippen LogP contribution is 2.35. The molecule has 20 heavy (non-hydrogen) atoms. The summed E-state index contributed by atoms with van der Waals surface area (Å²) in [7, 11) is 0. The molecule has 0 radical (unpaired) electrons. The van der Waals surface area contributed by atoms with Crippen LogP contribution in [0.3, 0.4) is 0 Å². The van der Waals surface area contributed by atoms with Gasteiger partial charge < -0.3 is 0 Å². The van der Waals surface area contributed by atoms with Crippen LogP contribution in [0.25, 0.3) is 11.3 Å². The number of hydrogen-bond donors (Lipinski definition) is 0. The Morgan fingerprint density at radius 1 is 1.20 bits per heavy atom. The van der Waals surface area contributed by atoms with Crippen LogP contribution in [0.15, 0.2) is 18.2 Å². The maximum Gasteiger partial charge on any atom is 0.155 e. The van der Waals surface area contributed by atoms with Crippen LogP contribution in [-0.2, 0) is 5.54 Å². The number of hydrogen-bond acceptors (Lipinski definition) is 2. The summed E-state index contributed by atoms with van der Waals surface area (Å²) < 4.78 is 1.61. The monoisotopic (exact) mass is 330 g/mol. The second kappa shape index (κ2) is 5.40. The van der Waals surface area contributed by atoms with Gasteiger partial charge in [-0.3, -0.25) is 4.79 Å². The summed E-state index contributed by atoms with van der Waals surface area (Å²) in [6.45, 7) is 5.86. The maximum absolute atomic E-state index is 11.3. The van der Waals surface area contributed by atoms with Crippen LogP contribution < -0.4 is 0 Å². The summed E-state index contributed by atoms with van der Waals surface area (Å²) in [5.74, 6) is 0. The zero-order valence-corrected chi connectivity index (χ0v) is 13.5. The van der Waals surface area contributed by atoms with Crippen molar-refractivity contribution in [3.8, 4) is 11.3 Å². The summed E-state index contributed by atoms with van der Waals surface area (Å²) in [6, 6.07) is 5.03. The minimum absolute atomic E-state index is 0.300. The first-order chi connectivity index (χ1) is 9.25. The maximum atomic E-state index is 11.3. The van der Waals surface area contributed by atoms with Gasteiger partial charge >= 0.3 is 0 Å². The van der Waals surface area contributed by atoms with E-state index in [4.69, 9.17) is 34.8 Å². The van der Waals surface area contributed by atoms with Crippen molar-refractivity contribution in [3.63, 3.8) is 0 Å². The molecule has 6 heteroatoms. The molecule has 0 amide bonds. The van der Waals surface area contributed by atoms with Crippen molar-refractivity contribution in [1.29, 1.82) is 0 Å². The summed E-state index contributed by atoms with van der Waals surface area (Å²) in [5.41, 5.74) is 1.07. The number of carbonyl (C=O) groups excluding carboxylic acids is 1. The van der Waals surface area contributed by atoms with Crippen molar-refractivity contribution < 1.29 is 4.79 Å². The third kappa shape index (κ3) is 2.71. The zero-order valence-electron chi connectivity index (χ0n) is 11.2. The molecule has 2 rings (SSSR count). The molecule has 1 heterocycles. The van der Waals surface area contributed by atoms with Crippen molar-refractivity contribution in [3.05, 3.63) is 39.0 Å². The van der Waals surface area contributed by atoms with Gasteiger partial charge in [0, 0.05) is 10.6 Å². The average Bonchev–Trinajstić information content (AvgIpc) is 2.65. The van der Waals surface area contributed by atoms with Gasteiger partial charge in [0.05, 0.1) is 16.1 Å². The van der Waals surface area contributed by atoms with Gasteiger partial charge in [0.15, 0.2) is 6.29 Å². The zero-order chi connectivity index (χ0) is 15.1. The van der Waals surface area contributed by atoms with E-state index in [2.05, 4.69) is 5.10 Å². The molecule has 0 spiro atoms. The summed E-state index contributed by atoms with van der Waals surface area (Å²) in [4.78, 5) is 11.3. The molecule has 0 bridgehead atoms. The first kappa shape index (κ1) is 15.4. The fourth-order valence-corrected chi connectivity index (χ4v) is 2.76. The topological polar surface area (TPSA) is 34.9 Å². The third-order valence-corrected chi connectivity index (χ3v) is 3.71. The van der Waals surface area contributed by atoms with Gasteiger partial charge in [-0.05, 0) is 39.0 Å². The van der Waals surface area contributed by atoms with Crippen LogP contribution in [0.1, 0.15) is 31.1 Å². The number of benzene rings is 1. The van der Waals surface area contributed by atoms with Crippen molar-refractivity contribution in [1.82, 2.24) is 9.78 Å². The first-order valence-electron chi connectivity index (χ1n) is 5.95. The highest BCUT2D eigenvalue weighted by Gasteiger charge is 2.25. The van der Waals surface area contributed by atoms with Crippen LogP contribution in [0.5, 0.6) is 0 Å². The van der Waals surface area contributed by atoms with Crippen LogP contribution in [0.2, 0.25) is 15.2 Å². The van der Waals surface area contributed by atoms with Crippen molar-refractivity contribution in [2.24, 2.45) is 0 Å². The van der Waals surface area contributed by atoms with Gasteiger partial charge in [0.1, 0.15) is 10.8 Å². The number of rotatable bonds is 2. The molecule has 0 aliphatic heterocycles. The average molecular weight is 332 g/mol. The molecule has 1 aromatic carbocycles. The molecule has 0 N–H and O–H groups in total. The standard InChI is InChI=1S/C14H13Cl3N2O/c1-14(2,3)19-13(17)10(7-20)12(18-19)9-5-4-8(15)6-11(9)16/h4-7H,1-3H3. The molecule has 0 saturated heterocycles. The molecule has 1 aromatic heterocycles. The Labute approximate surface area is 132 Å². The third-order valence-electron chi connectivity index (χ3n) is 2.80. The molecule has 106 valence electrons. The Kier molecular flexibility index (Phi) is 4.14. The summed E-state index contributed by atoms with van der Waals surface area (Å²) >= 11 is 18.3. The molecule has 0 fully saturated rings. The van der Waals surface area contributed by atoms with E-state index in [1.807, 2.05) is 20.8 Å². The van der Waals surface area contributed by atoms with Crippen LogP contribution >= 0.6 is 34.8 Å². The molecule has 3 nitrogen and oxygen atoms in total. The van der Waals surface area contributed by atoms with E-state index >= 15 is 0 Å². The second-order valence-corrected chi connectivity index (χ2v) is 6.58. The van der Waals surface area contributed by atoms with Crippen LogP contribution in [-0.4, -0.2) is 16.1 Å². The van der Waals surface area contributed by atoms with Crippen molar-refractivity contribution in [2.75, 3.05) is 0 Å². The number of carbonyl (C=O) groups is 1. The van der Waals surface area contributed by atoms with E-state index in [1.165, 1.54) is 0 Å². The molecule has 0 aliphatic rings. The van der Waals surface area contributed by atoms with E-state index < -0.39 is 0 Å². The van der Waals surface area contributed by atoms with E-state index in [0.29, 0.717) is 38.3 Å². The lowest BCUT2D eigenvalue weighted by molar-refractivity contribution is 0.112. The van der Waals surface area contributed by atoms with Crippen LogP contribution in [0, 0.1) is 0 Å². The largest absolute Gasteiger partial charge is 0.298 e. The first-order valence-corrected chi connectivity index (χ1v) is 7.08. The van der Waals surface area contributed by atoms with Crippen molar-refractivity contribution in [2.45, 2.75) is 26.3 Å². The number of aromatic nitrogens is 2. The normalized spacial score (nSPS) is 11.7. The smallest absolute Gasteiger partial charge is 0.155 e. The Morgan fingerprint density at radius 3 is 2.35 bits per heavy atom. The fraction of sp³-hybridized carbons (Fsp3) is 0.286. The number of halogens is 3. The molecule has 0 unspecified atom stereocenters. The molecule has 0 saturated carbocycles. The summed E-state index contributed by atoms with van der Waals surface area (Å²) in [6.07, 6.45) is 0.692. The molecular weight excluding hydrogens is 319 g/mol. The van der Waals surface area contributed by atoms with E-state index in [9.17, 15) is 4.79 Å². The van der Waals surface area contributed by atoms with Gasteiger partial charge in [0.2, 0.25) is 0 Å². The Hall–Kier alpha value is -1.03. The minimum Gasteiger partial charge on any atom is -0.298 e. The SMILES string of the molecule is CC(C)(C)n1nc(-c2ccc(Cl)cc2Cl)c(C=O)c1Cl. The van der Waals surface area contributed by atoms with E-state index in [-0.39, 0.29) is 5.54 Å². The summed E-state index contributed by atoms with van der Waals surface area (Å²) in [5, 5.41) is 5.69. The highest BCUT2D eigenvalue weighted by molar-refractivity contribution is 6.37. The Balaban J connectivity index is 2.71. The Morgan fingerprint density at radius 2 is 1.85 bits per heavy atom. The minimum atomic E-state index is -0.341. The lowest BCUT2D eigenvalue weighted by Gasteiger charge is -2.20. The lowest BCUT2D eigenvalue weighted by atomic mass is 10.1. The second-order valence-electron chi connectivity index (χ2n) is 5.38. The molecule has 0 aliphatic carbocycles. The van der Waals surface area contributed by atoms with E-state index in [0.717, 1.165) is 0 Å². The van der Waals surface area contributed by atoms with Crippen LogP contribution in [0.4, 0.5) is 0 Å². The number of nitrogens with zero attached hydrogens (tertiary/aromatic N) is 2. The predicted octanol–water partition coefficient (Wildman–Crippen LogP) is 5.08. The number of aldehydes is 1. The molecule has 2 aromatic rings. The molecular formula is C14H13Cl3N2O. The highest BCUT2D eigenvalue weighted by atomic mass is 35.5. The fourth-order valence-electron chi connectivity index (χ4n) is 1.84. The quantitative estimate of drug-likeness (QED) is 0.719. The van der Waals surface area contributed by atoms with Gasteiger partial charge in [-0.15, -0.1) is 0 Å². The van der Waals surface area contributed by atoms with Crippen molar-refractivity contribution >= 4 is 41.1 Å². The molecule has 0 atom stereocenters. The lowest BCUT2D eigenvalue weighted by Crippen LogP contribution is -2.23. The van der Waals surface area contributed by atoms with Gasteiger partial charge in [-0.25, -0.2) is 4.68 Å². The van der Waals surface area contributed by atoms with Gasteiger partial charge in [-0.2, -0.15) is 5.10 Å². The van der Waals surface area contributed by atoms with Gasteiger partial charge in [0.25, 0.3) is 0 Å². The van der Waals surface area contributed by atoms with Gasteiger partial charge in [-0.1, -0.05) is 34.8 Å². The van der Waals surface area contributed by atoms with E-state index in [1.54, 1.807) is 22.9 Å².